The van der Waals surface area contributed by atoms with Gasteiger partial charge in [-0.15, -0.1) is 0 Å². The second-order valence-electron chi connectivity index (χ2n) is 6.48. The first kappa shape index (κ1) is 19.1. The maximum Gasteiger partial charge on any atom is 0.242 e. The minimum Gasteiger partial charge on any atom is -0.434 e. The second-order valence-corrected chi connectivity index (χ2v) is 6.48. The van der Waals surface area contributed by atoms with Gasteiger partial charge in [0.25, 0.3) is 0 Å². The fourth-order valence-electron chi connectivity index (χ4n) is 3.01. The molecule has 0 radical (unpaired) electrons. The van der Waals surface area contributed by atoms with E-state index < -0.39 is 11.6 Å². The lowest BCUT2D eigenvalue weighted by Gasteiger charge is -2.12. The molecule has 0 fully saturated rings. The number of benzene rings is 2. The number of nitrogens with one attached hydrogen (secondary N) is 3. The van der Waals surface area contributed by atoms with Crippen LogP contribution in [0.1, 0.15) is 11.3 Å². The summed E-state index contributed by atoms with van der Waals surface area (Å²) in [6.45, 7) is 1.69. The Balaban J connectivity index is 1.70. The van der Waals surface area contributed by atoms with Crippen molar-refractivity contribution in [1.29, 1.82) is 5.26 Å². The summed E-state index contributed by atoms with van der Waals surface area (Å²) in [6.07, 6.45) is 1.17. The highest BCUT2D eigenvalue weighted by molar-refractivity contribution is 5.83. The Hall–Kier alpha value is -4.19. The van der Waals surface area contributed by atoms with Crippen molar-refractivity contribution in [2.75, 3.05) is 17.7 Å². The Kier molecular flexibility index (Phi) is 4.90. The van der Waals surface area contributed by atoms with E-state index in [1.54, 1.807) is 26.1 Å². The van der Waals surface area contributed by atoms with Crippen molar-refractivity contribution >= 4 is 28.1 Å². The lowest BCUT2D eigenvalue weighted by Crippen LogP contribution is -2.02. The molecule has 4 aromatic rings. The van der Waals surface area contributed by atoms with Crippen LogP contribution in [0.25, 0.3) is 10.9 Å². The zero-order valence-electron chi connectivity index (χ0n) is 16.0. The van der Waals surface area contributed by atoms with Gasteiger partial charge in [0.15, 0.2) is 28.8 Å². The third-order valence-electron chi connectivity index (χ3n) is 4.47. The molecule has 0 aliphatic carbocycles. The smallest absolute Gasteiger partial charge is 0.242 e. The molecule has 30 heavy (non-hydrogen) atoms. The number of ether oxygens (including phenoxy) is 1. The van der Waals surface area contributed by atoms with Crippen molar-refractivity contribution in [2.45, 2.75) is 6.92 Å². The van der Waals surface area contributed by atoms with Crippen molar-refractivity contribution < 1.29 is 13.5 Å². The molecule has 0 saturated carbocycles. The quantitative estimate of drug-likeness (QED) is 0.432. The van der Waals surface area contributed by atoms with Gasteiger partial charge in [0.2, 0.25) is 5.88 Å². The lowest BCUT2D eigenvalue weighted by atomic mass is 10.2. The fourth-order valence-corrected chi connectivity index (χ4v) is 3.01. The van der Waals surface area contributed by atoms with E-state index in [2.05, 4.69) is 25.6 Å². The zero-order valence-corrected chi connectivity index (χ0v) is 16.0. The number of hydrogen-bond acceptors (Lipinski definition) is 6. The van der Waals surface area contributed by atoms with E-state index >= 15 is 0 Å². The Morgan fingerprint density at radius 2 is 1.83 bits per heavy atom. The summed E-state index contributed by atoms with van der Waals surface area (Å²) in [4.78, 5) is 10.8. The Labute approximate surface area is 170 Å². The van der Waals surface area contributed by atoms with E-state index in [0.29, 0.717) is 11.4 Å². The molecule has 2 heterocycles. The molecule has 0 saturated heterocycles. The number of nitriles is 1. The number of H-pyrrole nitrogens is 1. The van der Waals surface area contributed by atoms with E-state index in [4.69, 9.17) is 4.74 Å². The van der Waals surface area contributed by atoms with Gasteiger partial charge in [-0.25, -0.2) is 18.7 Å². The van der Waals surface area contributed by atoms with Crippen molar-refractivity contribution in [1.82, 2.24) is 15.0 Å². The fraction of sp³-hybridized carbons (Fsp3) is 0.0952. The van der Waals surface area contributed by atoms with Crippen LogP contribution in [-0.4, -0.2) is 22.0 Å². The van der Waals surface area contributed by atoms with Crippen LogP contribution in [0.4, 0.5) is 26.0 Å². The van der Waals surface area contributed by atoms with Gasteiger partial charge in [0.05, 0.1) is 5.52 Å². The third kappa shape index (κ3) is 3.46. The highest BCUT2D eigenvalue weighted by Crippen LogP contribution is 2.34. The van der Waals surface area contributed by atoms with Crippen LogP contribution in [0.3, 0.4) is 0 Å². The first-order valence-corrected chi connectivity index (χ1v) is 8.95. The van der Waals surface area contributed by atoms with E-state index in [1.165, 1.54) is 12.4 Å². The van der Waals surface area contributed by atoms with Crippen molar-refractivity contribution in [3.8, 4) is 17.7 Å². The molecule has 2 aromatic heterocycles. The van der Waals surface area contributed by atoms with E-state index in [9.17, 15) is 14.0 Å². The lowest BCUT2D eigenvalue weighted by molar-refractivity contribution is 0.424. The van der Waals surface area contributed by atoms with E-state index in [1.807, 2.05) is 18.2 Å². The van der Waals surface area contributed by atoms with Gasteiger partial charge in [0.1, 0.15) is 12.4 Å². The molecule has 0 amide bonds. The van der Waals surface area contributed by atoms with Crippen LogP contribution in [0.5, 0.6) is 11.6 Å². The number of nitrogens with zero attached hydrogens (tertiary/aromatic N) is 3. The molecule has 0 aliphatic rings. The summed E-state index contributed by atoms with van der Waals surface area (Å²) in [5.74, 6) is -1.81. The van der Waals surface area contributed by atoms with Gasteiger partial charge in [-0.1, -0.05) is 0 Å². The highest BCUT2D eigenvalue weighted by Gasteiger charge is 2.19. The van der Waals surface area contributed by atoms with Crippen LogP contribution in [0.2, 0.25) is 0 Å². The molecule has 7 nitrogen and oxygen atoms in total. The standard InChI is InChI=1S/C21H16F2N6O/c1-11-7-14-18(23)17(8-16(22)19(14)28-11)30-21-15(9-24)20(26-10-27-21)29-13-5-3-12(25-2)4-6-13/h3-8,10,25,28H,1-2H3,(H,26,27,29). The maximum atomic E-state index is 14.8. The average Bonchev–Trinajstić information content (AvgIpc) is 3.15. The molecule has 150 valence electrons. The number of aryl methyl sites for hydroxylation is 1. The van der Waals surface area contributed by atoms with Crippen LogP contribution < -0.4 is 15.4 Å². The van der Waals surface area contributed by atoms with Gasteiger partial charge in [-0.2, -0.15) is 5.26 Å². The molecule has 0 atom stereocenters. The van der Waals surface area contributed by atoms with Crippen molar-refractivity contribution in [2.24, 2.45) is 0 Å². The molecule has 0 unspecified atom stereocenters. The Bertz CT molecular complexity index is 1280. The molecule has 4 rings (SSSR count). The highest BCUT2D eigenvalue weighted by atomic mass is 19.1. The number of rotatable bonds is 5. The van der Waals surface area contributed by atoms with Crippen molar-refractivity contribution in [3.63, 3.8) is 0 Å². The topological polar surface area (TPSA) is 98.7 Å². The van der Waals surface area contributed by atoms with Gasteiger partial charge >= 0.3 is 0 Å². The third-order valence-corrected chi connectivity index (χ3v) is 4.47. The molecule has 2 aromatic carbocycles. The molecule has 3 N–H and O–H groups in total. The van der Waals surface area contributed by atoms with E-state index in [-0.39, 0.29) is 33.9 Å². The number of hydrogen-bond donors (Lipinski definition) is 3. The minimum absolute atomic E-state index is 0.0413. The van der Waals surface area contributed by atoms with Gasteiger partial charge in [-0.05, 0) is 37.3 Å². The number of anilines is 3. The van der Waals surface area contributed by atoms with Crippen molar-refractivity contribution in [3.05, 3.63) is 65.6 Å². The monoisotopic (exact) mass is 406 g/mol. The van der Waals surface area contributed by atoms with Gasteiger partial charge in [-0.3, -0.25) is 0 Å². The summed E-state index contributed by atoms with van der Waals surface area (Å²) >= 11 is 0. The van der Waals surface area contributed by atoms with Crippen LogP contribution in [-0.2, 0) is 0 Å². The predicted octanol–water partition coefficient (Wildman–Crippen LogP) is 4.99. The zero-order chi connectivity index (χ0) is 21.3. The number of aromatic nitrogens is 3. The summed E-state index contributed by atoms with van der Waals surface area (Å²) < 4.78 is 34.7. The molecular weight excluding hydrogens is 390 g/mol. The summed E-state index contributed by atoms with van der Waals surface area (Å²) in [5, 5.41) is 15.7. The first-order chi connectivity index (χ1) is 14.5. The Morgan fingerprint density at radius 3 is 2.53 bits per heavy atom. The molecule has 0 spiro atoms. The molecular formula is C21H16F2N6O. The number of halogens is 2. The van der Waals surface area contributed by atoms with Crippen LogP contribution in [0.15, 0.2) is 42.7 Å². The normalized spacial score (nSPS) is 10.6. The maximum absolute atomic E-state index is 14.8. The molecule has 0 bridgehead atoms. The number of fused-ring (bicyclic) bond motifs is 1. The summed E-state index contributed by atoms with van der Waals surface area (Å²) in [5.41, 5.74) is 2.21. The second kappa shape index (κ2) is 7.67. The van der Waals surface area contributed by atoms with Gasteiger partial charge < -0.3 is 20.4 Å². The SMILES string of the molecule is CNc1ccc(Nc2ncnc(Oc3cc(F)c4[nH]c(C)cc4c3F)c2C#N)cc1. The largest absolute Gasteiger partial charge is 0.434 e. The average molecular weight is 406 g/mol. The van der Waals surface area contributed by atoms with Crippen LogP contribution in [0, 0.1) is 29.9 Å². The van der Waals surface area contributed by atoms with Crippen LogP contribution >= 0.6 is 0 Å². The Morgan fingerprint density at radius 1 is 1.10 bits per heavy atom. The molecule has 9 heteroatoms. The first-order valence-electron chi connectivity index (χ1n) is 8.95. The number of aromatic amines is 1. The van der Waals surface area contributed by atoms with E-state index in [0.717, 1.165) is 11.8 Å². The van der Waals surface area contributed by atoms with Gasteiger partial charge in [0, 0.05) is 35.6 Å². The summed E-state index contributed by atoms with van der Waals surface area (Å²) in [6, 6.07) is 11.6. The minimum atomic E-state index is -0.754. The predicted molar refractivity (Wildman–Crippen MR) is 109 cm³/mol. The molecule has 0 aliphatic heterocycles. The summed E-state index contributed by atoms with van der Waals surface area (Å²) in [7, 11) is 1.80.